The first-order valence-corrected chi connectivity index (χ1v) is 6.08. The highest BCUT2D eigenvalue weighted by molar-refractivity contribution is 6.00. The second-order valence-corrected chi connectivity index (χ2v) is 4.68. The standard InChI is InChI=1S/C14H20N2O3/c1-9-5-6-11(10(2)7-9)8-16(4)13(17)12(15-3)14(18)19/h5-7,12,15H,8H2,1-4H3,(H,18,19). The number of aliphatic carboxylic acids is 1. The number of carbonyl (C=O) groups is 2. The first-order chi connectivity index (χ1) is 8.86. The lowest BCUT2D eigenvalue weighted by Crippen LogP contribution is -2.48. The Balaban J connectivity index is 2.81. The summed E-state index contributed by atoms with van der Waals surface area (Å²) in [6, 6.07) is 4.79. The lowest BCUT2D eigenvalue weighted by Gasteiger charge is -2.22. The molecule has 104 valence electrons. The van der Waals surface area contributed by atoms with Crippen LogP contribution >= 0.6 is 0 Å². The zero-order chi connectivity index (χ0) is 14.6. The fraction of sp³-hybridized carbons (Fsp3) is 0.429. The van der Waals surface area contributed by atoms with Crippen LogP contribution in [0.25, 0.3) is 0 Å². The number of amides is 1. The Bertz CT molecular complexity index is 486. The van der Waals surface area contributed by atoms with Crippen LogP contribution in [0.2, 0.25) is 0 Å². The molecule has 0 heterocycles. The van der Waals surface area contributed by atoms with Crippen LogP contribution in [0, 0.1) is 13.8 Å². The number of nitrogens with zero attached hydrogens (tertiary/aromatic N) is 1. The predicted octanol–water partition coefficient (Wildman–Crippen LogP) is 0.934. The quantitative estimate of drug-likeness (QED) is 0.776. The number of likely N-dealkylation sites (N-methyl/N-ethyl adjacent to an activating group) is 2. The highest BCUT2D eigenvalue weighted by atomic mass is 16.4. The van der Waals surface area contributed by atoms with Gasteiger partial charge >= 0.3 is 5.97 Å². The maximum Gasteiger partial charge on any atom is 0.330 e. The van der Waals surface area contributed by atoms with Crippen molar-refractivity contribution in [2.45, 2.75) is 26.4 Å². The van der Waals surface area contributed by atoms with E-state index in [0.717, 1.165) is 16.7 Å². The van der Waals surface area contributed by atoms with Gasteiger partial charge in [-0.3, -0.25) is 10.1 Å². The summed E-state index contributed by atoms with van der Waals surface area (Å²) in [6.07, 6.45) is 0. The summed E-state index contributed by atoms with van der Waals surface area (Å²) in [7, 11) is 3.07. The molecular formula is C14H20N2O3. The summed E-state index contributed by atoms with van der Waals surface area (Å²) < 4.78 is 0. The Morgan fingerprint density at radius 3 is 2.47 bits per heavy atom. The largest absolute Gasteiger partial charge is 0.480 e. The molecule has 0 saturated carbocycles. The molecule has 5 heteroatoms. The summed E-state index contributed by atoms with van der Waals surface area (Å²) in [4.78, 5) is 24.3. The molecule has 0 saturated heterocycles. The van der Waals surface area contributed by atoms with Gasteiger partial charge in [0.15, 0.2) is 6.04 Å². The van der Waals surface area contributed by atoms with E-state index in [1.54, 1.807) is 7.05 Å². The molecule has 0 aromatic heterocycles. The molecule has 1 rings (SSSR count). The molecule has 0 aliphatic heterocycles. The number of carboxylic acids is 1. The molecule has 1 unspecified atom stereocenters. The van der Waals surface area contributed by atoms with Crippen LogP contribution in [0.15, 0.2) is 18.2 Å². The Hall–Kier alpha value is -1.88. The third-order valence-corrected chi connectivity index (χ3v) is 3.06. The van der Waals surface area contributed by atoms with Gasteiger partial charge in [0.25, 0.3) is 5.91 Å². The Kier molecular flexibility index (Phi) is 5.06. The number of benzene rings is 1. The Morgan fingerprint density at radius 1 is 1.37 bits per heavy atom. The molecule has 1 amide bonds. The second-order valence-electron chi connectivity index (χ2n) is 4.68. The van der Waals surface area contributed by atoms with E-state index in [0.29, 0.717) is 6.54 Å². The average molecular weight is 264 g/mol. The van der Waals surface area contributed by atoms with Crippen LogP contribution in [-0.4, -0.2) is 42.0 Å². The van der Waals surface area contributed by atoms with Gasteiger partial charge < -0.3 is 10.0 Å². The molecule has 5 nitrogen and oxygen atoms in total. The summed E-state index contributed by atoms with van der Waals surface area (Å²) >= 11 is 0. The van der Waals surface area contributed by atoms with E-state index in [2.05, 4.69) is 5.32 Å². The van der Waals surface area contributed by atoms with Crippen molar-refractivity contribution in [1.82, 2.24) is 10.2 Å². The maximum absolute atomic E-state index is 12.0. The zero-order valence-electron chi connectivity index (χ0n) is 11.7. The van der Waals surface area contributed by atoms with Gasteiger partial charge in [0.2, 0.25) is 0 Å². The highest BCUT2D eigenvalue weighted by Crippen LogP contribution is 2.13. The van der Waals surface area contributed by atoms with Crippen molar-refractivity contribution < 1.29 is 14.7 Å². The number of nitrogens with one attached hydrogen (secondary N) is 1. The number of carboxylic acid groups (broad SMARTS) is 1. The van der Waals surface area contributed by atoms with E-state index < -0.39 is 17.9 Å². The predicted molar refractivity (Wildman–Crippen MR) is 72.9 cm³/mol. The molecule has 0 spiro atoms. The molecule has 1 atom stereocenters. The van der Waals surface area contributed by atoms with Crippen LogP contribution in [0.3, 0.4) is 0 Å². The van der Waals surface area contributed by atoms with Crippen LogP contribution in [-0.2, 0) is 16.1 Å². The van der Waals surface area contributed by atoms with E-state index in [9.17, 15) is 9.59 Å². The average Bonchev–Trinajstić information content (AvgIpc) is 2.32. The summed E-state index contributed by atoms with van der Waals surface area (Å²) in [6.45, 7) is 4.39. The van der Waals surface area contributed by atoms with Gasteiger partial charge in [-0.15, -0.1) is 0 Å². The van der Waals surface area contributed by atoms with Gasteiger partial charge in [0, 0.05) is 13.6 Å². The number of hydrogen-bond donors (Lipinski definition) is 2. The van der Waals surface area contributed by atoms with Crippen LogP contribution in [0.5, 0.6) is 0 Å². The van der Waals surface area contributed by atoms with Gasteiger partial charge in [0.1, 0.15) is 0 Å². The van der Waals surface area contributed by atoms with Crippen molar-refractivity contribution in [3.8, 4) is 0 Å². The van der Waals surface area contributed by atoms with E-state index in [4.69, 9.17) is 5.11 Å². The Labute approximate surface area is 113 Å². The topological polar surface area (TPSA) is 69.6 Å². The minimum absolute atomic E-state index is 0.399. The van der Waals surface area contributed by atoms with Gasteiger partial charge in [0.05, 0.1) is 0 Å². The molecule has 0 aliphatic rings. The van der Waals surface area contributed by atoms with Gasteiger partial charge in [-0.25, -0.2) is 4.79 Å². The first-order valence-electron chi connectivity index (χ1n) is 6.08. The SMILES string of the molecule is CNC(C(=O)O)C(=O)N(C)Cc1ccc(C)cc1C. The minimum Gasteiger partial charge on any atom is -0.480 e. The third-order valence-electron chi connectivity index (χ3n) is 3.06. The number of carbonyl (C=O) groups excluding carboxylic acids is 1. The third kappa shape index (κ3) is 3.79. The molecule has 1 aromatic carbocycles. The van der Waals surface area contributed by atoms with Crippen molar-refractivity contribution >= 4 is 11.9 Å². The molecule has 0 aliphatic carbocycles. The molecule has 2 N–H and O–H groups in total. The van der Waals surface area contributed by atoms with E-state index in [-0.39, 0.29) is 0 Å². The maximum atomic E-state index is 12.0. The Morgan fingerprint density at radius 2 is 2.00 bits per heavy atom. The van der Waals surface area contributed by atoms with Gasteiger partial charge in [-0.2, -0.15) is 0 Å². The monoisotopic (exact) mass is 264 g/mol. The van der Waals surface area contributed by atoms with Crippen molar-refractivity contribution in [2.75, 3.05) is 14.1 Å². The van der Waals surface area contributed by atoms with E-state index in [1.165, 1.54) is 11.9 Å². The van der Waals surface area contributed by atoms with Gasteiger partial charge in [-0.05, 0) is 32.0 Å². The minimum atomic E-state index is -1.20. The second kappa shape index (κ2) is 6.33. The van der Waals surface area contributed by atoms with Crippen molar-refractivity contribution in [3.63, 3.8) is 0 Å². The van der Waals surface area contributed by atoms with Crippen molar-refractivity contribution in [2.24, 2.45) is 0 Å². The molecule has 1 aromatic rings. The highest BCUT2D eigenvalue weighted by Gasteiger charge is 2.27. The van der Waals surface area contributed by atoms with Crippen LogP contribution in [0.4, 0.5) is 0 Å². The van der Waals surface area contributed by atoms with E-state index >= 15 is 0 Å². The fourth-order valence-corrected chi connectivity index (χ4v) is 1.93. The fourth-order valence-electron chi connectivity index (χ4n) is 1.93. The summed E-state index contributed by atoms with van der Waals surface area (Å²) in [5, 5.41) is 11.4. The lowest BCUT2D eigenvalue weighted by atomic mass is 10.1. The molecule has 0 bridgehead atoms. The molecule has 0 fully saturated rings. The molecule has 19 heavy (non-hydrogen) atoms. The summed E-state index contributed by atoms with van der Waals surface area (Å²) in [5.41, 5.74) is 3.27. The van der Waals surface area contributed by atoms with Gasteiger partial charge in [-0.1, -0.05) is 23.8 Å². The normalized spacial score (nSPS) is 12.0. The number of rotatable bonds is 5. The van der Waals surface area contributed by atoms with Crippen molar-refractivity contribution in [1.29, 1.82) is 0 Å². The van der Waals surface area contributed by atoms with E-state index in [1.807, 2.05) is 32.0 Å². The van der Waals surface area contributed by atoms with Crippen LogP contribution in [0.1, 0.15) is 16.7 Å². The van der Waals surface area contributed by atoms with Crippen molar-refractivity contribution in [3.05, 3.63) is 34.9 Å². The number of aryl methyl sites for hydroxylation is 2. The number of hydrogen-bond acceptors (Lipinski definition) is 3. The smallest absolute Gasteiger partial charge is 0.330 e. The zero-order valence-corrected chi connectivity index (χ0v) is 11.7. The lowest BCUT2D eigenvalue weighted by molar-refractivity contribution is -0.147. The van der Waals surface area contributed by atoms with Crippen LogP contribution < -0.4 is 5.32 Å². The first kappa shape index (κ1) is 15.2. The molecule has 0 radical (unpaired) electrons. The molecular weight excluding hydrogens is 244 g/mol. The summed E-state index contributed by atoms with van der Waals surface area (Å²) in [5.74, 6) is -1.62.